The molecule has 2 aromatic heterocycles. The number of aromatic nitrogens is 1. The van der Waals surface area contributed by atoms with E-state index in [9.17, 15) is 9.90 Å². The van der Waals surface area contributed by atoms with E-state index in [1.165, 1.54) is 6.26 Å². The normalized spacial score (nSPS) is 12.3. The topological polar surface area (TPSA) is 75.4 Å². The Morgan fingerprint density at radius 3 is 2.96 bits per heavy atom. The van der Waals surface area contributed by atoms with Crippen LogP contribution >= 0.6 is 15.9 Å². The van der Waals surface area contributed by atoms with Crippen LogP contribution in [0.25, 0.3) is 10.9 Å². The van der Waals surface area contributed by atoms with Gasteiger partial charge in [-0.05, 0) is 24.3 Å². The first-order valence-corrected chi connectivity index (χ1v) is 8.00. The van der Waals surface area contributed by atoms with E-state index in [4.69, 9.17) is 4.42 Å². The fraction of sp³-hybridized carbons (Fsp3) is 0.176. The van der Waals surface area contributed by atoms with Crippen LogP contribution in [-0.4, -0.2) is 16.0 Å². The van der Waals surface area contributed by atoms with E-state index in [-0.39, 0.29) is 11.7 Å². The van der Waals surface area contributed by atoms with Crippen LogP contribution in [0, 0.1) is 0 Å². The van der Waals surface area contributed by atoms with E-state index in [1.54, 1.807) is 37.4 Å². The first-order chi connectivity index (χ1) is 11.1. The maximum absolute atomic E-state index is 11.9. The molecule has 2 heterocycles. The number of phenols is 1. The van der Waals surface area contributed by atoms with Gasteiger partial charge < -0.3 is 14.8 Å². The van der Waals surface area contributed by atoms with Gasteiger partial charge in [-0.1, -0.05) is 28.9 Å². The number of hydrogen-bond acceptors (Lipinski definition) is 4. The molecule has 0 saturated heterocycles. The molecule has 1 aromatic carbocycles. The van der Waals surface area contributed by atoms with Gasteiger partial charge in [0.2, 0.25) is 5.91 Å². The second-order valence-corrected chi connectivity index (χ2v) is 5.92. The second kappa shape index (κ2) is 6.42. The highest BCUT2D eigenvalue weighted by Gasteiger charge is 2.24. The van der Waals surface area contributed by atoms with Crippen LogP contribution < -0.4 is 5.32 Å². The number of carbonyl (C=O) groups is 1. The molecule has 23 heavy (non-hydrogen) atoms. The van der Waals surface area contributed by atoms with Crippen molar-refractivity contribution in [2.45, 2.75) is 19.4 Å². The summed E-state index contributed by atoms with van der Waals surface area (Å²) in [5.74, 6) is 0.439. The maximum atomic E-state index is 11.9. The van der Waals surface area contributed by atoms with Gasteiger partial charge in [0.25, 0.3) is 0 Å². The van der Waals surface area contributed by atoms with Gasteiger partial charge >= 0.3 is 0 Å². The lowest BCUT2D eigenvalue weighted by molar-refractivity contribution is -0.121. The quantitative estimate of drug-likeness (QED) is 0.725. The number of phenolic OH excluding ortho intramolecular Hbond substituents is 1. The molecule has 2 N–H and O–H groups in total. The molecule has 3 rings (SSSR count). The Balaban J connectivity index is 2.18. The molecular formula is C17H15BrN2O3. The zero-order chi connectivity index (χ0) is 16.4. The number of halogens is 1. The number of nitrogens with zero attached hydrogens (tertiary/aromatic N) is 1. The van der Waals surface area contributed by atoms with Crippen LogP contribution in [0.2, 0.25) is 0 Å². The molecule has 118 valence electrons. The molecular weight excluding hydrogens is 360 g/mol. The van der Waals surface area contributed by atoms with Crippen LogP contribution in [0.5, 0.6) is 5.75 Å². The van der Waals surface area contributed by atoms with Crippen LogP contribution in [-0.2, 0) is 4.79 Å². The van der Waals surface area contributed by atoms with Crippen molar-refractivity contribution in [3.63, 3.8) is 0 Å². The first-order valence-electron chi connectivity index (χ1n) is 7.20. The lowest BCUT2D eigenvalue weighted by Crippen LogP contribution is -2.28. The van der Waals surface area contributed by atoms with E-state index in [2.05, 4.69) is 26.2 Å². The maximum Gasteiger partial charge on any atom is 0.220 e. The molecule has 5 nitrogen and oxygen atoms in total. The molecule has 0 radical (unpaired) electrons. The van der Waals surface area contributed by atoms with Crippen molar-refractivity contribution < 1.29 is 14.3 Å². The third-order valence-electron chi connectivity index (χ3n) is 3.61. The van der Waals surface area contributed by atoms with Crippen LogP contribution in [0.15, 0.2) is 51.7 Å². The summed E-state index contributed by atoms with van der Waals surface area (Å²) in [6.45, 7) is 1.77. The van der Waals surface area contributed by atoms with Crippen LogP contribution in [0.4, 0.5) is 0 Å². The molecule has 0 spiro atoms. The van der Waals surface area contributed by atoms with Gasteiger partial charge in [-0.15, -0.1) is 0 Å². The average Bonchev–Trinajstić information content (AvgIpc) is 3.10. The minimum Gasteiger partial charge on any atom is -0.505 e. The monoisotopic (exact) mass is 374 g/mol. The van der Waals surface area contributed by atoms with E-state index >= 15 is 0 Å². The number of aromatic hydroxyl groups is 1. The number of rotatable bonds is 4. The Morgan fingerprint density at radius 1 is 1.43 bits per heavy atom. The lowest BCUT2D eigenvalue weighted by atomic mass is 10.0. The number of pyridine rings is 1. The third-order valence-corrected chi connectivity index (χ3v) is 4.27. The summed E-state index contributed by atoms with van der Waals surface area (Å²) in [5.41, 5.74) is 0.999. The SMILES string of the molecule is CCC(=O)NC(c1ccco1)c1cc(Br)c2cccnc2c1O. The van der Waals surface area contributed by atoms with Gasteiger partial charge in [-0.25, -0.2) is 0 Å². The highest BCUT2D eigenvalue weighted by Crippen LogP contribution is 2.38. The highest BCUT2D eigenvalue weighted by atomic mass is 79.9. The lowest BCUT2D eigenvalue weighted by Gasteiger charge is -2.19. The molecule has 1 unspecified atom stereocenters. The summed E-state index contributed by atoms with van der Waals surface area (Å²) in [5, 5.41) is 14.3. The molecule has 3 aromatic rings. The van der Waals surface area contributed by atoms with Crippen LogP contribution in [0.3, 0.4) is 0 Å². The largest absolute Gasteiger partial charge is 0.505 e. The summed E-state index contributed by atoms with van der Waals surface area (Å²) in [4.78, 5) is 16.1. The van der Waals surface area contributed by atoms with Crippen molar-refractivity contribution in [1.82, 2.24) is 10.3 Å². The number of fused-ring (bicyclic) bond motifs is 1. The second-order valence-electron chi connectivity index (χ2n) is 5.07. The predicted octanol–water partition coefficient (Wildman–Crippen LogP) is 3.91. The van der Waals surface area contributed by atoms with E-state index in [0.717, 1.165) is 9.86 Å². The fourth-order valence-electron chi connectivity index (χ4n) is 2.45. The molecule has 0 bridgehead atoms. The average molecular weight is 375 g/mol. The molecule has 1 amide bonds. The van der Waals surface area contributed by atoms with E-state index in [0.29, 0.717) is 23.3 Å². The Bertz CT molecular complexity index is 846. The van der Waals surface area contributed by atoms with E-state index in [1.807, 2.05) is 6.07 Å². The van der Waals surface area contributed by atoms with Gasteiger partial charge in [0.05, 0.1) is 6.26 Å². The van der Waals surface area contributed by atoms with Gasteiger partial charge in [0.15, 0.2) is 0 Å². The molecule has 0 fully saturated rings. The Labute approximate surface area is 141 Å². The highest BCUT2D eigenvalue weighted by molar-refractivity contribution is 9.10. The number of nitrogens with one attached hydrogen (secondary N) is 1. The molecule has 1 atom stereocenters. The van der Waals surface area contributed by atoms with Gasteiger partial charge in [-0.2, -0.15) is 0 Å². The zero-order valence-corrected chi connectivity index (χ0v) is 14.0. The van der Waals surface area contributed by atoms with Crippen molar-refractivity contribution in [2.75, 3.05) is 0 Å². The number of hydrogen-bond donors (Lipinski definition) is 2. The number of furan rings is 1. The van der Waals surface area contributed by atoms with Gasteiger partial charge in [-0.3, -0.25) is 9.78 Å². The minimum absolute atomic E-state index is 0.0293. The van der Waals surface area contributed by atoms with Crippen molar-refractivity contribution in [1.29, 1.82) is 0 Å². The molecule has 0 aliphatic rings. The summed E-state index contributed by atoms with van der Waals surface area (Å²) < 4.78 is 6.23. The fourth-order valence-corrected chi connectivity index (χ4v) is 3.01. The first kappa shape index (κ1) is 15.6. The zero-order valence-electron chi connectivity index (χ0n) is 12.4. The Hall–Kier alpha value is -2.34. The van der Waals surface area contributed by atoms with Crippen molar-refractivity contribution in [3.8, 4) is 5.75 Å². The Kier molecular flexibility index (Phi) is 4.34. The summed E-state index contributed by atoms with van der Waals surface area (Å²) in [6.07, 6.45) is 3.49. The summed E-state index contributed by atoms with van der Waals surface area (Å²) in [6, 6.07) is 8.36. The molecule has 0 aliphatic carbocycles. The Morgan fingerprint density at radius 2 is 2.26 bits per heavy atom. The standard InChI is InChI=1S/C17H15BrN2O3/c1-2-14(21)20-15(13-6-4-8-23-13)11-9-12(18)10-5-3-7-19-16(10)17(11)22/h3-9,15,22H,2H2,1H3,(H,20,21). The summed E-state index contributed by atoms with van der Waals surface area (Å²) >= 11 is 3.50. The number of amides is 1. The van der Waals surface area contributed by atoms with Crippen LogP contribution in [0.1, 0.15) is 30.7 Å². The minimum atomic E-state index is -0.583. The van der Waals surface area contributed by atoms with Gasteiger partial charge in [0, 0.05) is 28.0 Å². The number of carbonyl (C=O) groups excluding carboxylic acids is 1. The van der Waals surface area contributed by atoms with Crippen molar-refractivity contribution >= 4 is 32.7 Å². The smallest absolute Gasteiger partial charge is 0.220 e. The van der Waals surface area contributed by atoms with E-state index < -0.39 is 6.04 Å². The van der Waals surface area contributed by atoms with Gasteiger partial charge in [0.1, 0.15) is 23.1 Å². The predicted molar refractivity (Wildman–Crippen MR) is 90.1 cm³/mol. The third kappa shape index (κ3) is 2.94. The number of benzene rings is 1. The molecule has 0 aliphatic heterocycles. The molecule has 6 heteroatoms. The van der Waals surface area contributed by atoms with Crippen molar-refractivity contribution in [2.24, 2.45) is 0 Å². The molecule has 0 saturated carbocycles. The summed E-state index contributed by atoms with van der Waals surface area (Å²) in [7, 11) is 0. The van der Waals surface area contributed by atoms with Crippen molar-refractivity contribution in [3.05, 3.63) is 58.6 Å².